The summed E-state index contributed by atoms with van der Waals surface area (Å²) < 4.78 is 28.6. The standard InChI is InChI=1S/C16H24F2N2/c1-3-5-8-20(13-6-7-13)16-14(17)9-12(10-15(16)18)11-19-4-2/h9-10,13,19H,3-8,11H2,1-2H3. The lowest BCUT2D eigenvalue weighted by molar-refractivity contribution is 0.559. The molecule has 1 aliphatic carbocycles. The van der Waals surface area contributed by atoms with Gasteiger partial charge in [0.05, 0.1) is 0 Å². The van der Waals surface area contributed by atoms with E-state index in [4.69, 9.17) is 0 Å². The van der Waals surface area contributed by atoms with Crippen molar-refractivity contribution in [1.29, 1.82) is 0 Å². The SMILES string of the molecule is CCCCN(c1c(F)cc(CNCC)cc1F)C1CC1. The first kappa shape index (κ1) is 15.2. The second-order valence-electron chi connectivity index (χ2n) is 5.47. The summed E-state index contributed by atoms with van der Waals surface area (Å²) in [5.41, 5.74) is 0.832. The number of nitrogens with zero attached hydrogens (tertiary/aromatic N) is 1. The molecule has 1 aliphatic rings. The maximum absolute atomic E-state index is 14.3. The maximum atomic E-state index is 14.3. The van der Waals surface area contributed by atoms with Gasteiger partial charge in [-0.15, -0.1) is 0 Å². The molecule has 0 amide bonds. The van der Waals surface area contributed by atoms with Gasteiger partial charge in [-0.05, 0) is 43.5 Å². The fourth-order valence-electron chi connectivity index (χ4n) is 2.46. The molecule has 1 N–H and O–H groups in total. The van der Waals surface area contributed by atoms with Crippen LogP contribution in [0.4, 0.5) is 14.5 Å². The van der Waals surface area contributed by atoms with Crippen molar-refractivity contribution in [2.45, 2.75) is 52.1 Å². The monoisotopic (exact) mass is 282 g/mol. The van der Waals surface area contributed by atoms with Gasteiger partial charge in [-0.2, -0.15) is 0 Å². The molecule has 0 unspecified atom stereocenters. The van der Waals surface area contributed by atoms with E-state index in [9.17, 15) is 8.78 Å². The molecule has 4 heteroatoms. The van der Waals surface area contributed by atoms with Crippen molar-refractivity contribution in [3.05, 3.63) is 29.3 Å². The molecule has 20 heavy (non-hydrogen) atoms. The summed E-state index contributed by atoms with van der Waals surface area (Å²) in [5, 5.41) is 3.09. The van der Waals surface area contributed by atoms with Crippen LogP contribution in [0.1, 0.15) is 45.1 Å². The third-order valence-corrected chi connectivity index (χ3v) is 3.68. The zero-order valence-electron chi connectivity index (χ0n) is 12.4. The summed E-state index contributed by atoms with van der Waals surface area (Å²) >= 11 is 0. The first-order valence-corrected chi connectivity index (χ1v) is 7.62. The van der Waals surface area contributed by atoms with Crippen molar-refractivity contribution in [3.63, 3.8) is 0 Å². The molecule has 0 bridgehead atoms. The summed E-state index contributed by atoms with van der Waals surface area (Å²) in [5.74, 6) is -0.859. The Labute approximate surface area is 120 Å². The summed E-state index contributed by atoms with van der Waals surface area (Å²) in [6.07, 6.45) is 4.09. The number of unbranched alkanes of at least 4 members (excludes halogenated alkanes) is 1. The van der Waals surface area contributed by atoms with Crippen molar-refractivity contribution < 1.29 is 8.78 Å². The van der Waals surface area contributed by atoms with Crippen molar-refractivity contribution in [1.82, 2.24) is 5.32 Å². The van der Waals surface area contributed by atoms with Crippen LogP contribution in [0.5, 0.6) is 0 Å². The van der Waals surface area contributed by atoms with E-state index in [1.807, 2.05) is 11.8 Å². The third-order valence-electron chi connectivity index (χ3n) is 3.68. The minimum atomic E-state index is -0.430. The smallest absolute Gasteiger partial charge is 0.149 e. The van der Waals surface area contributed by atoms with E-state index in [2.05, 4.69) is 12.2 Å². The molecule has 0 atom stereocenters. The largest absolute Gasteiger partial charge is 0.364 e. The molecule has 2 rings (SSSR count). The van der Waals surface area contributed by atoms with Crippen LogP contribution in [0, 0.1) is 11.6 Å². The molecule has 112 valence electrons. The topological polar surface area (TPSA) is 15.3 Å². The predicted octanol–water partition coefficient (Wildman–Crippen LogP) is 3.84. The van der Waals surface area contributed by atoms with Gasteiger partial charge in [0.15, 0.2) is 0 Å². The number of rotatable bonds is 8. The van der Waals surface area contributed by atoms with E-state index in [0.29, 0.717) is 18.2 Å². The van der Waals surface area contributed by atoms with Crippen LogP contribution in [0.15, 0.2) is 12.1 Å². The average molecular weight is 282 g/mol. The Morgan fingerprint density at radius 2 is 1.85 bits per heavy atom. The number of benzene rings is 1. The van der Waals surface area contributed by atoms with Crippen LogP contribution in [0.2, 0.25) is 0 Å². The molecule has 0 saturated heterocycles. The summed E-state index contributed by atoms with van der Waals surface area (Å²) in [7, 11) is 0. The molecule has 1 aromatic rings. The number of hydrogen-bond donors (Lipinski definition) is 1. The third kappa shape index (κ3) is 3.69. The van der Waals surface area contributed by atoms with Crippen molar-refractivity contribution in [3.8, 4) is 0 Å². The Morgan fingerprint density at radius 1 is 1.20 bits per heavy atom. The quantitative estimate of drug-likeness (QED) is 0.779. The van der Waals surface area contributed by atoms with Gasteiger partial charge in [0.1, 0.15) is 17.3 Å². The van der Waals surface area contributed by atoms with E-state index in [1.165, 1.54) is 12.1 Å². The van der Waals surface area contributed by atoms with Gasteiger partial charge in [0.25, 0.3) is 0 Å². The molecule has 0 heterocycles. The lowest BCUT2D eigenvalue weighted by Crippen LogP contribution is -2.29. The van der Waals surface area contributed by atoms with E-state index >= 15 is 0 Å². The highest BCUT2D eigenvalue weighted by atomic mass is 19.1. The second-order valence-corrected chi connectivity index (χ2v) is 5.47. The zero-order valence-corrected chi connectivity index (χ0v) is 12.4. The highest BCUT2D eigenvalue weighted by molar-refractivity contribution is 5.52. The normalized spacial score (nSPS) is 14.6. The highest BCUT2D eigenvalue weighted by Crippen LogP contribution is 2.35. The van der Waals surface area contributed by atoms with Crippen molar-refractivity contribution in [2.75, 3.05) is 18.0 Å². The maximum Gasteiger partial charge on any atom is 0.149 e. The fourth-order valence-corrected chi connectivity index (χ4v) is 2.46. The Morgan fingerprint density at radius 3 is 2.35 bits per heavy atom. The van der Waals surface area contributed by atoms with Gasteiger partial charge in [0, 0.05) is 19.1 Å². The molecule has 2 nitrogen and oxygen atoms in total. The summed E-state index contributed by atoms with van der Waals surface area (Å²) in [4.78, 5) is 1.92. The van der Waals surface area contributed by atoms with Crippen molar-refractivity contribution in [2.24, 2.45) is 0 Å². The molecule has 0 spiro atoms. The fraction of sp³-hybridized carbons (Fsp3) is 0.625. The van der Waals surface area contributed by atoms with E-state index in [0.717, 1.165) is 38.8 Å². The van der Waals surface area contributed by atoms with Crippen LogP contribution in [0.3, 0.4) is 0 Å². The molecule has 0 radical (unpaired) electrons. The number of nitrogens with one attached hydrogen (secondary N) is 1. The van der Waals surface area contributed by atoms with Crippen LogP contribution < -0.4 is 10.2 Å². The van der Waals surface area contributed by atoms with E-state index in [-0.39, 0.29) is 5.69 Å². The first-order valence-electron chi connectivity index (χ1n) is 7.62. The van der Waals surface area contributed by atoms with E-state index < -0.39 is 11.6 Å². The number of halogens is 2. The van der Waals surface area contributed by atoms with Gasteiger partial charge >= 0.3 is 0 Å². The number of anilines is 1. The molecule has 0 aromatic heterocycles. The number of hydrogen-bond acceptors (Lipinski definition) is 2. The lowest BCUT2D eigenvalue weighted by atomic mass is 10.1. The molecular weight excluding hydrogens is 258 g/mol. The zero-order chi connectivity index (χ0) is 14.5. The molecule has 1 saturated carbocycles. The Hall–Kier alpha value is -1.16. The molecule has 1 fully saturated rings. The van der Waals surface area contributed by atoms with Crippen LogP contribution in [-0.2, 0) is 6.54 Å². The van der Waals surface area contributed by atoms with Gasteiger partial charge < -0.3 is 10.2 Å². The molecular formula is C16H24F2N2. The lowest BCUT2D eigenvalue weighted by Gasteiger charge is -2.26. The van der Waals surface area contributed by atoms with Gasteiger partial charge in [0.2, 0.25) is 0 Å². The van der Waals surface area contributed by atoms with Gasteiger partial charge in [-0.1, -0.05) is 20.3 Å². The van der Waals surface area contributed by atoms with Gasteiger partial charge in [-0.25, -0.2) is 8.78 Å². The predicted molar refractivity (Wildman–Crippen MR) is 79.0 cm³/mol. The van der Waals surface area contributed by atoms with E-state index in [1.54, 1.807) is 0 Å². The molecule has 0 aliphatic heterocycles. The minimum absolute atomic E-state index is 0.168. The second kappa shape index (κ2) is 7.02. The summed E-state index contributed by atoms with van der Waals surface area (Å²) in [6, 6.07) is 3.25. The van der Waals surface area contributed by atoms with Gasteiger partial charge in [-0.3, -0.25) is 0 Å². The van der Waals surface area contributed by atoms with Crippen LogP contribution >= 0.6 is 0 Å². The average Bonchev–Trinajstić information content (AvgIpc) is 3.23. The van der Waals surface area contributed by atoms with Crippen LogP contribution in [0.25, 0.3) is 0 Å². The Kier molecular flexibility index (Phi) is 5.35. The molecule has 1 aromatic carbocycles. The Bertz CT molecular complexity index is 421. The Balaban J connectivity index is 2.20. The summed E-state index contributed by atoms with van der Waals surface area (Å²) in [6.45, 7) is 6.10. The van der Waals surface area contributed by atoms with Crippen LogP contribution in [-0.4, -0.2) is 19.1 Å². The highest BCUT2D eigenvalue weighted by Gasteiger charge is 2.32. The minimum Gasteiger partial charge on any atom is -0.364 e. The van der Waals surface area contributed by atoms with Crippen molar-refractivity contribution >= 4 is 5.69 Å². The first-order chi connectivity index (χ1) is 9.67.